The van der Waals surface area contributed by atoms with E-state index in [2.05, 4.69) is 14.9 Å². The molecule has 0 saturated heterocycles. The van der Waals surface area contributed by atoms with E-state index in [4.69, 9.17) is 0 Å². The summed E-state index contributed by atoms with van der Waals surface area (Å²) >= 11 is 0. The molecule has 0 aliphatic carbocycles. The Balaban J connectivity index is 1.91. The Morgan fingerprint density at radius 2 is 2.17 bits per heavy atom. The Morgan fingerprint density at radius 1 is 1.33 bits per heavy atom. The van der Waals surface area contributed by atoms with E-state index in [-0.39, 0.29) is 5.75 Å². The maximum atomic E-state index is 11.2. The van der Waals surface area contributed by atoms with Crippen LogP contribution in [0.3, 0.4) is 0 Å². The van der Waals surface area contributed by atoms with E-state index >= 15 is 0 Å². The summed E-state index contributed by atoms with van der Waals surface area (Å²) in [5.41, 5.74) is 0.807. The van der Waals surface area contributed by atoms with Crippen LogP contribution in [0.2, 0.25) is 0 Å². The third-order valence-corrected chi connectivity index (χ3v) is 4.07. The summed E-state index contributed by atoms with van der Waals surface area (Å²) in [4.78, 5) is 0. The van der Waals surface area contributed by atoms with Gasteiger partial charge in [-0.3, -0.25) is 4.40 Å². The minimum Gasteiger partial charge on any atom is -0.286 e. The largest absolute Gasteiger partial charge is 0.286 e. The highest BCUT2D eigenvalue weighted by molar-refractivity contribution is 7.89. The van der Waals surface area contributed by atoms with Gasteiger partial charge in [-0.2, -0.15) is 0 Å². The quantitative estimate of drug-likeness (QED) is 0.778. The molecule has 0 radical (unpaired) electrons. The van der Waals surface area contributed by atoms with Crippen LogP contribution in [0.1, 0.15) is 19.2 Å². The van der Waals surface area contributed by atoms with Gasteiger partial charge >= 0.3 is 0 Å². The van der Waals surface area contributed by atoms with Gasteiger partial charge in [0, 0.05) is 19.2 Å². The van der Waals surface area contributed by atoms with Crippen molar-refractivity contribution >= 4 is 15.7 Å². The number of hydrogen-bond donors (Lipinski definition) is 1. The molecule has 2 aromatic rings. The maximum Gasteiger partial charge on any atom is 0.211 e. The first-order valence-electron chi connectivity index (χ1n) is 5.88. The Kier molecular flexibility index (Phi) is 3.93. The topological polar surface area (TPSA) is 76.4 Å². The van der Waals surface area contributed by atoms with Crippen molar-refractivity contribution < 1.29 is 8.42 Å². The molecule has 18 heavy (non-hydrogen) atoms. The summed E-state index contributed by atoms with van der Waals surface area (Å²) < 4.78 is 26.9. The number of rotatable bonds is 6. The highest BCUT2D eigenvalue weighted by atomic mass is 32.2. The van der Waals surface area contributed by atoms with Crippen molar-refractivity contribution in [2.24, 2.45) is 0 Å². The van der Waals surface area contributed by atoms with Crippen LogP contribution in [-0.2, 0) is 16.4 Å². The molecule has 0 atom stereocenters. The van der Waals surface area contributed by atoms with Gasteiger partial charge in [0.05, 0.1) is 5.75 Å². The number of sulfonamides is 1. The number of aromatic nitrogens is 3. The van der Waals surface area contributed by atoms with Gasteiger partial charge in [-0.15, -0.1) is 10.2 Å². The van der Waals surface area contributed by atoms with E-state index in [0.717, 1.165) is 11.5 Å². The molecular weight excluding hydrogens is 252 g/mol. The molecule has 0 fully saturated rings. The lowest BCUT2D eigenvalue weighted by Crippen LogP contribution is -2.26. The lowest BCUT2D eigenvalue weighted by Gasteiger charge is -2.03. The summed E-state index contributed by atoms with van der Waals surface area (Å²) in [6.07, 6.45) is 3.30. The summed E-state index contributed by atoms with van der Waals surface area (Å²) in [6, 6.07) is 5.71. The van der Waals surface area contributed by atoms with E-state index in [0.29, 0.717) is 19.4 Å². The number of nitrogens with one attached hydrogen (secondary N) is 1. The first-order valence-corrected chi connectivity index (χ1v) is 7.53. The van der Waals surface area contributed by atoms with Crippen LogP contribution < -0.4 is 4.72 Å². The van der Waals surface area contributed by atoms with Gasteiger partial charge in [-0.25, -0.2) is 13.1 Å². The molecule has 1 N–H and O–H groups in total. The van der Waals surface area contributed by atoms with Crippen LogP contribution in [0.25, 0.3) is 5.65 Å². The fourth-order valence-corrected chi connectivity index (χ4v) is 2.30. The van der Waals surface area contributed by atoms with E-state index in [1.54, 1.807) is 6.92 Å². The molecule has 0 aliphatic rings. The third kappa shape index (κ3) is 3.05. The molecule has 0 amide bonds. The highest BCUT2D eigenvalue weighted by Gasteiger charge is 2.07. The Morgan fingerprint density at radius 3 is 2.94 bits per heavy atom. The smallest absolute Gasteiger partial charge is 0.211 e. The molecule has 0 spiro atoms. The number of aryl methyl sites for hydroxylation is 1. The second kappa shape index (κ2) is 5.45. The van der Waals surface area contributed by atoms with Gasteiger partial charge in [0.15, 0.2) is 5.65 Å². The second-order valence-electron chi connectivity index (χ2n) is 3.95. The fourth-order valence-electron chi connectivity index (χ4n) is 1.64. The number of pyridine rings is 1. The second-order valence-corrected chi connectivity index (χ2v) is 6.04. The molecular formula is C11H16N4O2S. The minimum atomic E-state index is -3.10. The molecule has 2 aromatic heterocycles. The zero-order valence-electron chi connectivity index (χ0n) is 10.2. The zero-order chi connectivity index (χ0) is 13.0. The third-order valence-electron chi connectivity index (χ3n) is 2.66. The Hall–Kier alpha value is -1.47. The Bertz CT molecular complexity index is 621. The summed E-state index contributed by atoms with van der Waals surface area (Å²) in [6.45, 7) is 2.05. The van der Waals surface area contributed by atoms with E-state index in [9.17, 15) is 8.42 Å². The normalized spacial score (nSPS) is 12.1. The maximum absolute atomic E-state index is 11.2. The van der Waals surface area contributed by atoms with Gasteiger partial charge in [-0.1, -0.05) is 6.07 Å². The summed E-state index contributed by atoms with van der Waals surface area (Å²) in [7, 11) is -3.10. The predicted molar refractivity (Wildman–Crippen MR) is 68.8 cm³/mol. The zero-order valence-corrected chi connectivity index (χ0v) is 11.0. The van der Waals surface area contributed by atoms with Crippen LogP contribution in [0.15, 0.2) is 24.4 Å². The molecule has 6 nitrogen and oxygen atoms in total. The minimum absolute atomic E-state index is 0.112. The fraction of sp³-hybridized carbons (Fsp3) is 0.455. The number of nitrogens with zero attached hydrogens (tertiary/aromatic N) is 3. The molecule has 0 bridgehead atoms. The number of hydrogen-bond acceptors (Lipinski definition) is 4. The van der Waals surface area contributed by atoms with Crippen molar-refractivity contribution in [2.45, 2.75) is 19.8 Å². The molecule has 0 unspecified atom stereocenters. The monoisotopic (exact) mass is 268 g/mol. The van der Waals surface area contributed by atoms with Crippen molar-refractivity contribution in [1.29, 1.82) is 0 Å². The molecule has 2 rings (SSSR count). The average molecular weight is 268 g/mol. The van der Waals surface area contributed by atoms with Crippen LogP contribution >= 0.6 is 0 Å². The van der Waals surface area contributed by atoms with Gasteiger partial charge in [-0.05, 0) is 25.5 Å². The van der Waals surface area contributed by atoms with E-state index in [1.165, 1.54) is 0 Å². The SMILES string of the molecule is CCS(=O)(=O)NCCCc1nnc2ccccn12. The van der Waals surface area contributed by atoms with Crippen molar-refractivity contribution in [1.82, 2.24) is 19.3 Å². The van der Waals surface area contributed by atoms with Crippen LogP contribution in [0.4, 0.5) is 0 Å². The summed E-state index contributed by atoms with van der Waals surface area (Å²) in [5, 5.41) is 8.12. The molecule has 7 heteroatoms. The molecule has 2 heterocycles. The van der Waals surface area contributed by atoms with Crippen molar-refractivity contribution in [3.8, 4) is 0 Å². The number of fused-ring (bicyclic) bond motifs is 1. The first-order chi connectivity index (χ1) is 8.62. The van der Waals surface area contributed by atoms with Crippen LogP contribution in [0.5, 0.6) is 0 Å². The molecule has 0 saturated carbocycles. The lowest BCUT2D eigenvalue weighted by molar-refractivity contribution is 0.579. The van der Waals surface area contributed by atoms with E-state index < -0.39 is 10.0 Å². The molecule has 0 aromatic carbocycles. The van der Waals surface area contributed by atoms with E-state index in [1.807, 2.05) is 28.8 Å². The molecule has 0 aliphatic heterocycles. The Labute approximate surface area is 106 Å². The van der Waals surface area contributed by atoms with Crippen molar-refractivity contribution in [2.75, 3.05) is 12.3 Å². The van der Waals surface area contributed by atoms with Gasteiger partial charge < -0.3 is 0 Å². The van der Waals surface area contributed by atoms with Crippen molar-refractivity contribution in [3.05, 3.63) is 30.2 Å². The standard InChI is InChI=1S/C11H16N4O2S/c1-2-18(16,17)12-8-5-7-11-14-13-10-6-3-4-9-15(10)11/h3-4,6,9,12H,2,5,7-8H2,1H3. The van der Waals surface area contributed by atoms with Gasteiger partial charge in [0.25, 0.3) is 0 Å². The molecule has 98 valence electrons. The van der Waals surface area contributed by atoms with Gasteiger partial charge in [0.2, 0.25) is 10.0 Å². The van der Waals surface area contributed by atoms with Crippen LogP contribution in [-0.4, -0.2) is 35.3 Å². The van der Waals surface area contributed by atoms with Crippen molar-refractivity contribution in [3.63, 3.8) is 0 Å². The highest BCUT2D eigenvalue weighted by Crippen LogP contribution is 2.04. The predicted octanol–water partition coefficient (Wildman–Crippen LogP) is 0.601. The van der Waals surface area contributed by atoms with Crippen LogP contribution in [0, 0.1) is 0 Å². The first kappa shape index (κ1) is 13.0. The average Bonchev–Trinajstić information content (AvgIpc) is 2.78. The lowest BCUT2D eigenvalue weighted by atomic mass is 10.3. The summed E-state index contributed by atoms with van der Waals surface area (Å²) in [5.74, 6) is 0.960. The van der Waals surface area contributed by atoms with Gasteiger partial charge in [0.1, 0.15) is 5.82 Å².